The van der Waals surface area contributed by atoms with Crippen molar-refractivity contribution in [1.29, 1.82) is 0 Å². The number of benzene rings is 1. The van der Waals surface area contributed by atoms with Gasteiger partial charge in [0.2, 0.25) is 0 Å². The lowest BCUT2D eigenvalue weighted by Gasteiger charge is -2.25. The number of hydrogen-bond donors (Lipinski definition) is 0. The van der Waals surface area contributed by atoms with E-state index in [1.165, 1.54) is 19.3 Å². The molecule has 0 amide bonds. The fourth-order valence-corrected chi connectivity index (χ4v) is 2.49. The van der Waals surface area contributed by atoms with Gasteiger partial charge in [-0.1, -0.05) is 6.42 Å². The zero-order valence-corrected chi connectivity index (χ0v) is 13.0. The summed E-state index contributed by atoms with van der Waals surface area (Å²) in [5.41, 5.74) is 0.792. The van der Waals surface area contributed by atoms with E-state index >= 15 is 0 Å². The van der Waals surface area contributed by atoms with Gasteiger partial charge in [0.15, 0.2) is 5.78 Å². The normalized spacial score (nSPS) is 15.4. The summed E-state index contributed by atoms with van der Waals surface area (Å²) in [4.78, 5) is 14.5. The monoisotopic (exact) mass is 297 g/mol. The first kappa shape index (κ1) is 17.0. The highest BCUT2D eigenvalue weighted by Crippen LogP contribution is 2.14. The second-order valence-electron chi connectivity index (χ2n) is 5.03. The molecular formula is C16H24ClNO2. The van der Waals surface area contributed by atoms with Crippen LogP contribution in [-0.4, -0.2) is 36.9 Å². The molecule has 0 aromatic heterocycles. The van der Waals surface area contributed by atoms with Crippen molar-refractivity contribution in [3.63, 3.8) is 0 Å². The van der Waals surface area contributed by atoms with Crippen LogP contribution < -0.4 is 4.74 Å². The Morgan fingerprint density at radius 2 is 1.80 bits per heavy atom. The minimum Gasteiger partial charge on any atom is -0.494 e. The van der Waals surface area contributed by atoms with E-state index in [-0.39, 0.29) is 18.2 Å². The predicted molar refractivity (Wildman–Crippen MR) is 84.1 cm³/mol. The molecule has 20 heavy (non-hydrogen) atoms. The van der Waals surface area contributed by atoms with E-state index in [2.05, 4.69) is 4.90 Å². The third-order valence-corrected chi connectivity index (χ3v) is 3.59. The highest BCUT2D eigenvalue weighted by atomic mass is 35.5. The fraction of sp³-hybridized carbons (Fsp3) is 0.562. The van der Waals surface area contributed by atoms with Crippen LogP contribution in [0.4, 0.5) is 0 Å². The Kier molecular flexibility index (Phi) is 7.63. The number of piperidine rings is 1. The molecule has 112 valence electrons. The molecule has 0 aliphatic carbocycles. The van der Waals surface area contributed by atoms with Crippen LogP contribution >= 0.6 is 12.4 Å². The first-order valence-corrected chi connectivity index (χ1v) is 7.28. The van der Waals surface area contributed by atoms with Crippen LogP contribution in [0.2, 0.25) is 0 Å². The minimum atomic E-state index is 0. The largest absolute Gasteiger partial charge is 0.494 e. The van der Waals surface area contributed by atoms with Gasteiger partial charge in [-0.15, -0.1) is 12.4 Å². The molecule has 1 aromatic rings. The fourth-order valence-electron chi connectivity index (χ4n) is 2.49. The van der Waals surface area contributed by atoms with Crippen LogP contribution in [0.1, 0.15) is 43.0 Å². The van der Waals surface area contributed by atoms with Crippen molar-refractivity contribution in [3.8, 4) is 5.75 Å². The molecule has 1 aliphatic rings. The van der Waals surface area contributed by atoms with Gasteiger partial charge >= 0.3 is 0 Å². The summed E-state index contributed by atoms with van der Waals surface area (Å²) in [7, 11) is 0. The van der Waals surface area contributed by atoms with E-state index in [1.54, 1.807) is 0 Å². The lowest BCUT2D eigenvalue weighted by atomic mass is 10.1. The summed E-state index contributed by atoms with van der Waals surface area (Å²) >= 11 is 0. The van der Waals surface area contributed by atoms with Gasteiger partial charge in [-0.25, -0.2) is 0 Å². The van der Waals surface area contributed by atoms with Gasteiger partial charge in [0.05, 0.1) is 6.61 Å². The zero-order chi connectivity index (χ0) is 13.5. The van der Waals surface area contributed by atoms with Crippen molar-refractivity contribution in [2.45, 2.75) is 32.6 Å². The Balaban J connectivity index is 0.00000200. The molecule has 0 atom stereocenters. The van der Waals surface area contributed by atoms with Gasteiger partial charge < -0.3 is 9.64 Å². The van der Waals surface area contributed by atoms with Crippen LogP contribution in [-0.2, 0) is 0 Å². The molecule has 0 saturated carbocycles. The summed E-state index contributed by atoms with van der Waals surface area (Å²) in [5, 5.41) is 0. The predicted octanol–water partition coefficient (Wildman–Crippen LogP) is 3.57. The first-order valence-electron chi connectivity index (χ1n) is 7.28. The number of carbonyl (C=O) groups is 1. The number of ketones is 1. The van der Waals surface area contributed by atoms with E-state index in [1.807, 2.05) is 31.2 Å². The molecule has 0 spiro atoms. The number of Topliss-reactive ketones (excluding diaryl/α,β-unsaturated/α-hetero) is 1. The van der Waals surface area contributed by atoms with Gasteiger partial charge in [-0.05, 0) is 57.1 Å². The van der Waals surface area contributed by atoms with E-state index in [0.717, 1.165) is 30.9 Å². The number of hydrogen-bond acceptors (Lipinski definition) is 3. The van der Waals surface area contributed by atoms with Crippen molar-refractivity contribution >= 4 is 18.2 Å². The summed E-state index contributed by atoms with van der Waals surface area (Å²) < 4.78 is 5.38. The molecule has 1 saturated heterocycles. The average Bonchev–Trinajstić information content (AvgIpc) is 2.47. The molecule has 1 heterocycles. The third kappa shape index (κ3) is 5.14. The van der Waals surface area contributed by atoms with Gasteiger partial charge in [-0.3, -0.25) is 4.79 Å². The Bertz CT molecular complexity index is 399. The second-order valence-corrected chi connectivity index (χ2v) is 5.03. The number of rotatable bonds is 6. The maximum Gasteiger partial charge on any atom is 0.164 e. The lowest BCUT2D eigenvalue weighted by molar-refractivity contribution is 0.0958. The minimum absolute atomic E-state index is 0. The average molecular weight is 298 g/mol. The molecule has 3 nitrogen and oxygen atoms in total. The van der Waals surface area contributed by atoms with Crippen LogP contribution in [0.3, 0.4) is 0 Å². The molecule has 0 unspecified atom stereocenters. The zero-order valence-electron chi connectivity index (χ0n) is 12.1. The van der Waals surface area contributed by atoms with Crippen LogP contribution in [0.25, 0.3) is 0 Å². The number of ether oxygens (including phenoxy) is 1. The Morgan fingerprint density at radius 1 is 1.15 bits per heavy atom. The molecule has 0 radical (unpaired) electrons. The lowest BCUT2D eigenvalue weighted by Crippen LogP contribution is -2.31. The van der Waals surface area contributed by atoms with Gasteiger partial charge in [0, 0.05) is 18.5 Å². The van der Waals surface area contributed by atoms with Crippen molar-refractivity contribution in [1.82, 2.24) is 4.90 Å². The molecule has 2 rings (SSSR count). The Labute approximate surface area is 127 Å². The van der Waals surface area contributed by atoms with Crippen LogP contribution in [0, 0.1) is 0 Å². The highest BCUT2D eigenvalue weighted by Gasteiger charge is 2.12. The number of likely N-dealkylation sites (tertiary alicyclic amines) is 1. The number of nitrogens with zero attached hydrogens (tertiary/aromatic N) is 1. The van der Waals surface area contributed by atoms with Gasteiger partial charge in [-0.2, -0.15) is 0 Å². The second kappa shape index (κ2) is 8.98. The molecule has 4 heteroatoms. The van der Waals surface area contributed by atoms with Crippen molar-refractivity contribution in [2.24, 2.45) is 0 Å². The van der Waals surface area contributed by atoms with E-state index in [0.29, 0.717) is 13.0 Å². The highest BCUT2D eigenvalue weighted by molar-refractivity contribution is 5.96. The summed E-state index contributed by atoms with van der Waals surface area (Å²) in [6, 6.07) is 7.47. The molecular weight excluding hydrogens is 274 g/mol. The van der Waals surface area contributed by atoms with E-state index in [9.17, 15) is 4.79 Å². The summed E-state index contributed by atoms with van der Waals surface area (Å²) in [6.45, 7) is 5.80. The molecule has 1 fully saturated rings. The van der Waals surface area contributed by atoms with Gasteiger partial charge in [0.1, 0.15) is 5.75 Å². The SMILES string of the molecule is CCOc1ccc(C(=O)CCN2CCCCC2)cc1.Cl. The maximum absolute atomic E-state index is 12.1. The Morgan fingerprint density at radius 3 is 2.40 bits per heavy atom. The molecule has 1 aromatic carbocycles. The van der Waals surface area contributed by atoms with Crippen LogP contribution in [0.15, 0.2) is 24.3 Å². The standard InChI is InChI=1S/C16H23NO2.ClH/c1-2-19-15-8-6-14(7-9-15)16(18)10-13-17-11-4-3-5-12-17;/h6-9H,2-5,10-13H2,1H3;1H. The smallest absolute Gasteiger partial charge is 0.164 e. The number of halogens is 1. The third-order valence-electron chi connectivity index (χ3n) is 3.59. The molecule has 1 aliphatic heterocycles. The van der Waals surface area contributed by atoms with Crippen molar-refractivity contribution in [2.75, 3.05) is 26.2 Å². The first-order chi connectivity index (χ1) is 9.29. The quantitative estimate of drug-likeness (QED) is 0.752. The van der Waals surface area contributed by atoms with E-state index < -0.39 is 0 Å². The van der Waals surface area contributed by atoms with Crippen molar-refractivity contribution in [3.05, 3.63) is 29.8 Å². The molecule has 0 N–H and O–H groups in total. The molecule has 0 bridgehead atoms. The van der Waals surface area contributed by atoms with Crippen molar-refractivity contribution < 1.29 is 9.53 Å². The Hall–Kier alpha value is -1.06. The van der Waals surface area contributed by atoms with Gasteiger partial charge in [0.25, 0.3) is 0 Å². The maximum atomic E-state index is 12.1. The van der Waals surface area contributed by atoms with E-state index in [4.69, 9.17) is 4.74 Å². The van der Waals surface area contributed by atoms with Crippen LogP contribution in [0.5, 0.6) is 5.75 Å². The summed E-state index contributed by atoms with van der Waals surface area (Å²) in [6.07, 6.45) is 4.51. The summed E-state index contributed by atoms with van der Waals surface area (Å²) in [5.74, 6) is 1.06. The number of carbonyl (C=O) groups excluding carboxylic acids is 1. The topological polar surface area (TPSA) is 29.5 Å².